The first-order valence-corrected chi connectivity index (χ1v) is 8.96. The van der Waals surface area contributed by atoms with E-state index in [0.717, 1.165) is 25.1 Å². The molecule has 7 nitrogen and oxygen atoms in total. The van der Waals surface area contributed by atoms with Gasteiger partial charge in [0.2, 0.25) is 5.95 Å². The standard InChI is InChI=1S/C21H18N6O/c22-11-18-19(15-4-2-1-3-5-15)25-21(26-20(18)28)27-24-12-14-6-7-17-13-23-9-8-16(17)10-14/h1-7,10,12,23H,8-9,13H2,(H2,25,26,27,28). The summed E-state index contributed by atoms with van der Waals surface area (Å²) in [6, 6.07) is 17.3. The van der Waals surface area contributed by atoms with E-state index in [1.807, 2.05) is 30.3 Å². The molecule has 28 heavy (non-hydrogen) atoms. The Kier molecular flexibility index (Phi) is 4.95. The minimum atomic E-state index is -0.504. The molecule has 2 heterocycles. The lowest BCUT2D eigenvalue weighted by molar-refractivity contribution is 0.644. The Bertz CT molecular complexity index is 1130. The molecular weight excluding hydrogens is 352 g/mol. The third-order valence-corrected chi connectivity index (χ3v) is 4.58. The molecule has 2 aromatic carbocycles. The van der Waals surface area contributed by atoms with E-state index in [-0.39, 0.29) is 11.5 Å². The van der Waals surface area contributed by atoms with Crippen LogP contribution >= 0.6 is 0 Å². The minimum Gasteiger partial charge on any atom is -0.312 e. The summed E-state index contributed by atoms with van der Waals surface area (Å²) in [5, 5.41) is 16.8. The van der Waals surface area contributed by atoms with Crippen LogP contribution in [-0.4, -0.2) is 22.7 Å². The van der Waals surface area contributed by atoms with Gasteiger partial charge in [-0.15, -0.1) is 0 Å². The number of fused-ring (bicyclic) bond motifs is 1. The summed E-state index contributed by atoms with van der Waals surface area (Å²) in [6.45, 7) is 1.87. The van der Waals surface area contributed by atoms with Gasteiger partial charge in [0.05, 0.1) is 11.9 Å². The molecule has 7 heteroatoms. The van der Waals surface area contributed by atoms with Gasteiger partial charge in [0.25, 0.3) is 5.56 Å². The number of hydrazone groups is 1. The number of benzene rings is 2. The zero-order valence-corrected chi connectivity index (χ0v) is 15.1. The first kappa shape index (κ1) is 17.6. The van der Waals surface area contributed by atoms with Crippen LogP contribution in [0.5, 0.6) is 0 Å². The van der Waals surface area contributed by atoms with Crippen LogP contribution in [-0.2, 0) is 13.0 Å². The molecule has 0 radical (unpaired) electrons. The quantitative estimate of drug-likeness (QED) is 0.483. The normalized spacial score (nSPS) is 13.1. The van der Waals surface area contributed by atoms with E-state index in [1.165, 1.54) is 11.1 Å². The van der Waals surface area contributed by atoms with Gasteiger partial charge in [-0.05, 0) is 35.7 Å². The molecule has 0 spiro atoms. The monoisotopic (exact) mass is 370 g/mol. The van der Waals surface area contributed by atoms with Crippen LogP contribution in [0, 0.1) is 11.3 Å². The molecule has 0 unspecified atom stereocenters. The second kappa shape index (κ2) is 7.86. The van der Waals surface area contributed by atoms with Crippen molar-refractivity contribution in [3.63, 3.8) is 0 Å². The van der Waals surface area contributed by atoms with Crippen LogP contribution in [0.4, 0.5) is 5.95 Å². The summed E-state index contributed by atoms with van der Waals surface area (Å²) in [6.07, 6.45) is 2.68. The maximum absolute atomic E-state index is 12.2. The average molecular weight is 370 g/mol. The summed E-state index contributed by atoms with van der Waals surface area (Å²) in [5.41, 5.74) is 6.84. The highest BCUT2D eigenvalue weighted by atomic mass is 16.1. The predicted octanol–water partition coefficient (Wildman–Crippen LogP) is 2.40. The number of hydrogen-bond acceptors (Lipinski definition) is 6. The van der Waals surface area contributed by atoms with Gasteiger partial charge in [-0.1, -0.05) is 42.5 Å². The van der Waals surface area contributed by atoms with E-state index in [0.29, 0.717) is 11.3 Å². The molecule has 3 N–H and O–H groups in total. The van der Waals surface area contributed by atoms with Crippen molar-refractivity contribution in [1.29, 1.82) is 5.26 Å². The number of aromatic amines is 1. The molecule has 1 aliphatic rings. The summed E-state index contributed by atoms with van der Waals surface area (Å²) in [4.78, 5) is 19.2. The molecule has 3 aromatic rings. The van der Waals surface area contributed by atoms with Gasteiger partial charge in [0.1, 0.15) is 11.6 Å². The van der Waals surface area contributed by atoms with E-state index in [2.05, 4.69) is 37.9 Å². The number of anilines is 1. The fourth-order valence-electron chi connectivity index (χ4n) is 3.18. The number of nitrogens with one attached hydrogen (secondary N) is 3. The van der Waals surface area contributed by atoms with Crippen molar-refractivity contribution in [3.8, 4) is 17.3 Å². The number of aromatic nitrogens is 2. The second-order valence-electron chi connectivity index (χ2n) is 6.44. The third kappa shape index (κ3) is 3.68. The summed E-state index contributed by atoms with van der Waals surface area (Å²) >= 11 is 0. The van der Waals surface area contributed by atoms with Gasteiger partial charge in [-0.2, -0.15) is 10.4 Å². The average Bonchev–Trinajstić information content (AvgIpc) is 2.74. The molecule has 0 amide bonds. The van der Waals surface area contributed by atoms with Gasteiger partial charge in [-0.25, -0.2) is 10.4 Å². The fraction of sp³-hybridized carbons (Fsp3) is 0.143. The van der Waals surface area contributed by atoms with Gasteiger partial charge in [0, 0.05) is 12.1 Å². The van der Waals surface area contributed by atoms with Crippen molar-refractivity contribution < 1.29 is 0 Å². The zero-order chi connectivity index (χ0) is 19.3. The Labute approximate surface area is 161 Å². The Morgan fingerprint density at radius 2 is 2.04 bits per heavy atom. The lowest BCUT2D eigenvalue weighted by Crippen LogP contribution is -2.23. The number of hydrogen-bond donors (Lipinski definition) is 3. The Morgan fingerprint density at radius 3 is 2.86 bits per heavy atom. The molecule has 0 aliphatic carbocycles. The smallest absolute Gasteiger partial charge is 0.270 e. The first-order valence-electron chi connectivity index (χ1n) is 8.96. The molecule has 4 rings (SSSR count). The van der Waals surface area contributed by atoms with Gasteiger partial charge >= 0.3 is 0 Å². The highest BCUT2D eigenvalue weighted by Gasteiger charge is 2.13. The van der Waals surface area contributed by atoms with Crippen LogP contribution in [0.3, 0.4) is 0 Å². The Morgan fingerprint density at radius 1 is 1.18 bits per heavy atom. The van der Waals surface area contributed by atoms with Crippen molar-refractivity contribution in [3.05, 3.63) is 81.1 Å². The topological polar surface area (TPSA) is 106 Å². The van der Waals surface area contributed by atoms with E-state index in [9.17, 15) is 10.1 Å². The summed E-state index contributed by atoms with van der Waals surface area (Å²) < 4.78 is 0. The van der Waals surface area contributed by atoms with Gasteiger partial charge in [0.15, 0.2) is 0 Å². The molecule has 1 aliphatic heterocycles. The maximum Gasteiger partial charge on any atom is 0.270 e. The van der Waals surface area contributed by atoms with Crippen molar-refractivity contribution >= 4 is 12.2 Å². The van der Waals surface area contributed by atoms with Crippen LogP contribution in [0.25, 0.3) is 11.3 Å². The molecule has 0 bridgehead atoms. The van der Waals surface area contributed by atoms with Gasteiger partial charge in [-0.3, -0.25) is 9.78 Å². The molecular formula is C21H18N6O. The van der Waals surface area contributed by atoms with E-state index < -0.39 is 5.56 Å². The van der Waals surface area contributed by atoms with Crippen molar-refractivity contribution in [1.82, 2.24) is 15.3 Å². The summed E-state index contributed by atoms with van der Waals surface area (Å²) in [7, 11) is 0. The molecule has 0 saturated carbocycles. The number of nitriles is 1. The van der Waals surface area contributed by atoms with Crippen molar-refractivity contribution in [2.75, 3.05) is 12.0 Å². The fourth-order valence-corrected chi connectivity index (χ4v) is 3.18. The minimum absolute atomic E-state index is 0.0240. The summed E-state index contributed by atoms with van der Waals surface area (Å²) in [5.74, 6) is 0.182. The highest BCUT2D eigenvalue weighted by molar-refractivity contribution is 5.80. The van der Waals surface area contributed by atoms with Gasteiger partial charge < -0.3 is 5.32 Å². The zero-order valence-electron chi connectivity index (χ0n) is 15.1. The molecule has 0 atom stereocenters. The largest absolute Gasteiger partial charge is 0.312 e. The Balaban J connectivity index is 1.59. The second-order valence-corrected chi connectivity index (χ2v) is 6.44. The molecule has 138 valence electrons. The first-order chi connectivity index (χ1) is 13.7. The maximum atomic E-state index is 12.2. The number of H-pyrrole nitrogens is 1. The number of rotatable bonds is 4. The number of nitrogens with zero attached hydrogens (tertiary/aromatic N) is 3. The Hall–Kier alpha value is -3.76. The van der Waals surface area contributed by atoms with Crippen LogP contribution in [0.1, 0.15) is 22.3 Å². The van der Waals surface area contributed by atoms with Crippen LogP contribution in [0.15, 0.2) is 58.4 Å². The van der Waals surface area contributed by atoms with Crippen LogP contribution < -0.4 is 16.3 Å². The van der Waals surface area contributed by atoms with Crippen molar-refractivity contribution in [2.24, 2.45) is 5.10 Å². The van der Waals surface area contributed by atoms with Crippen molar-refractivity contribution in [2.45, 2.75) is 13.0 Å². The molecule has 0 saturated heterocycles. The predicted molar refractivity (Wildman–Crippen MR) is 108 cm³/mol. The third-order valence-electron chi connectivity index (χ3n) is 4.58. The SMILES string of the molecule is N#Cc1c(-c2ccccc2)nc(NN=Cc2ccc3c(c2)CCNC3)[nH]c1=O. The van der Waals surface area contributed by atoms with E-state index in [1.54, 1.807) is 18.3 Å². The molecule has 1 aromatic heterocycles. The van der Waals surface area contributed by atoms with Crippen LogP contribution in [0.2, 0.25) is 0 Å². The lowest BCUT2D eigenvalue weighted by Gasteiger charge is -2.16. The lowest BCUT2D eigenvalue weighted by atomic mass is 9.99. The van der Waals surface area contributed by atoms with E-state index >= 15 is 0 Å². The van der Waals surface area contributed by atoms with E-state index in [4.69, 9.17) is 0 Å². The molecule has 0 fully saturated rings. The highest BCUT2D eigenvalue weighted by Crippen LogP contribution is 2.19.